The van der Waals surface area contributed by atoms with Gasteiger partial charge in [0.2, 0.25) is 0 Å². The molecule has 2 aromatic carbocycles. The summed E-state index contributed by atoms with van der Waals surface area (Å²) < 4.78 is 25.1. The van der Waals surface area contributed by atoms with Gasteiger partial charge in [0, 0.05) is 22.8 Å². The van der Waals surface area contributed by atoms with E-state index in [1.807, 2.05) is 31.2 Å². The molecule has 0 aliphatic rings. The molecule has 1 amide bonds. The second-order valence-corrected chi connectivity index (χ2v) is 9.48. The number of benzene rings is 2. The number of nitrogens with one attached hydrogen (secondary N) is 2. The number of aryl methyl sites for hydroxylation is 1. The molecule has 0 aliphatic carbocycles. The molecule has 0 bridgehead atoms. The number of nitrogens with zero attached hydrogens (tertiary/aromatic N) is 2. The van der Waals surface area contributed by atoms with Crippen molar-refractivity contribution in [2.24, 2.45) is 0 Å². The van der Waals surface area contributed by atoms with E-state index in [0.29, 0.717) is 12.2 Å². The fourth-order valence-corrected chi connectivity index (χ4v) is 3.74. The van der Waals surface area contributed by atoms with Crippen LogP contribution >= 0.6 is 0 Å². The van der Waals surface area contributed by atoms with Crippen LogP contribution in [0, 0.1) is 12.7 Å². The summed E-state index contributed by atoms with van der Waals surface area (Å²) in [5.74, 6) is 0.225. The molecule has 4 aromatic rings. The molecule has 0 aliphatic heterocycles. The number of alkyl carbamates (subject to hydrolysis) is 1. The van der Waals surface area contributed by atoms with Gasteiger partial charge in [-0.25, -0.2) is 9.18 Å². The molecular weight excluding hydrogens is 447 g/mol. The maximum absolute atomic E-state index is 13.7. The highest BCUT2D eigenvalue weighted by atomic mass is 19.1. The van der Waals surface area contributed by atoms with Gasteiger partial charge in [0.15, 0.2) is 0 Å². The summed E-state index contributed by atoms with van der Waals surface area (Å²) in [6, 6.07) is 13.7. The number of aromatic nitrogens is 3. The molecule has 0 radical (unpaired) electrons. The predicted octanol–water partition coefficient (Wildman–Crippen LogP) is 5.59. The van der Waals surface area contributed by atoms with Crippen LogP contribution in [0.2, 0.25) is 0 Å². The first kappa shape index (κ1) is 24.2. The van der Waals surface area contributed by atoms with Crippen molar-refractivity contribution >= 4 is 17.0 Å². The Bertz CT molecular complexity index is 1330. The third-order valence-electron chi connectivity index (χ3n) is 5.33. The molecule has 8 heteroatoms. The summed E-state index contributed by atoms with van der Waals surface area (Å²) in [6.07, 6.45) is 3.21. The SMILES string of the molecule is Cc1[nH]nc2ccc(-c3cncc(OC[C@H](Cc4cccc(F)c4)NC(=O)OC(C)(C)C)c3)cc12. The average molecular weight is 477 g/mol. The van der Waals surface area contributed by atoms with Crippen molar-refractivity contribution < 1.29 is 18.7 Å². The van der Waals surface area contributed by atoms with Crippen molar-refractivity contribution in [1.29, 1.82) is 0 Å². The first-order valence-electron chi connectivity index (χ1n) is 11.4. The van der Waals surface area contributed by atoms with Crippen molar-refractivity contribution in [3.8, 4) is 16.9 Å². The van der Waals surface area contributed by atoms with Gasteiger partial charge < -0.3 is 14.8 Å². The Morgan fingerprint density at radius 2 is 1.94 bits per heavy atom. The second kappa shape index (κ2) is 10.1. The Morgan fingerprint density at radius 3 is 2.71 bits per heavy atom. The summed E-state index contributed by atoms with van der Waals surface area (Å²) >= 11 is 0. The number of carbonyl (C=O) groups is 1. The molecule has 1 atom stereocenters. The Balaban J connectivity index is 1.49. The molecule has 2 N–H and O–H groups in total. The lowest BCUT2D eigenvalue weighted by Crippen LogP contribution is -2.43. The fourth-order valence-electron chi connectivity index (χ4n) is 3.74. The van der Waals surface area contributed by atoms with Crippen LogP contribution in [0.15, 0.2) is 60.9 Å². The minimum absolute atomic E-state index is 0.154. The Hall–Kier alpha value is -3.94. The summed E-state index contributed by atoms with van der Waals surface area (Å²) in [5.41, 5.74) is 3.89. The Labute approximate surface area is 203 Å². The largest absolute Gasteiger partial charge is 0.490 e. The number of pyridine rings is 1. The molecule has 7 nitrogen and oxygen atoms in total. The van der Waals surface area contributed by atoms with E-state index in [-0.39, 0.29) is 12.4 Å². The monoisotopic (exact) mass is 476 g/mol. The van der Waals surface area contributed by atoms with E-state index < -0.39 is 17.7 Å². The van der Waals surface area contributed by atoms with E-state index in [2.05, 4.69) is 26.6 Å². The van der Waals surface area contributed by atoms with Crippen molar-refractivity contribution in [3.05, 3.63) is 78.0 Å². The average Bonchev–Trinajstić information content (AvgIpc) is 3.16. The normalized spacial score (nSPS) is 12.4. The zero-order valence-corrected chi connectivity index (χ0v) is 20.3. The quantitative estimate of drug-likeness (QED) is 0.363. The number of H-pyrrole nitrogens is 1. The number of halogens is 1. The van der Waals surface area contributed by atoms with E-state index >= 15 is 0 Å². The molecule has 0 unspecified atom stereocenters. The Morgan fingerprint density at radius 1 is 1.11 bits per heavy atom. The van der Waals surface area contributed by atoms with Crippen molar-refractivity contribution in [3.63, 3.8) is 0 Å². The van der Waals surface area contributed by atoms with Gasteiger partial charge in [0.25, 0.3) is 0 Å². The van der Waals surface area contributed by atoms with Gasteiger partial charge in [-0.2, -0.15) is 5.10 Å². The highest BCUT2D eigenvalue weighted by molar-refractivity contribution is 5.86. The van der Waals surface area contributed by atoms with E-state index in [9.17, 15) is 9.18 Å². The van der Waals surface area contributed by atoms with Gasteiger partial charge in [-0.05, 0) is 75.6 Å². The van der Waals surface area contributed by atoms with Gasteiger partial charge in [0.1, 0.15) is 23.8 Å². The third-order valence-corrected chi connectivity index (χ3v) is 5.33. The van der Waals surface area contributed by atoms with Gasteiger partial charge >= 0.3 is 6.09 Å². The fraction of sp³-hybridized carbons (Fsp3) is 0.296. The van der Waals surface area contributed by atoms with Gasteiger partial charge in [0.05, 0.1) is 17.8 Å². The predicted molar refractivity (Wildman–Crippen MR) is 133 cm³/mol. The maximum Gasteiger partial charge on any atom is 0.408 e. The van der Waals surface area contributed by atoms with Crippen molar-refractivity contribution in [1.82, 2.24) is 20.5 Å². The highest BCUT2D eigenvalue weighted by Crippen LogP contribution is 2.27. The number of aromatic amines is 1. The summed E-state index contributed by atoms with van der Waals surface area (Å²) in [6.45, 7) is 7.52. The number of ether oxygens (including phenoxy) is 2. The van der Waals surface area contributed by atoms with Crippen LogP contribution in [0.3, 0.4) is 0 Å². The minimum atomic E-state index is -0.638. The molecule has 0 spiro atoms. The highest BCUT2D eigenvalue weighted by Gasteiger charge is 2.21. The van der Waals surface area contributed by atoms with E-state index in [1.54, 1.807) is 39.2 Å². The zero-order chi connectivity index (χ0) is 25.0. The molecule has 182 valence electrons. The van der Waals surface area contributed by atoms with E-state index in [4.69, 9.17) is 9.47 Å². The number of amides is 1. The van der Waals surface area contributed by atoms with E-state index in [1.165, 1.54) is 12.1 Å². The first-order valence-corrected chi connectivity index (χ1v) is 11.4. The molecule has 35 heavy (non-hydrogen) atoms. The number of rotatable bonds is 7. The van der Waals surface area contributed by atoms with Gasteiger partial charge in [-0.15, -0.1) is 0 Å². The van der Waals surface area contributed by atoms with Gasteiger partial charge in [-0.1, -0.05) is 18.2 Å². The van der Waals surface area contributed by atoms with Crippen molar-refractivity contribution in [2.75, 3.05) is 6.61 Å². The van der Waals surface area contributed by atoms with Crippen molar-refractivity contribution in [2.45, 2.75) is 45.8 Å². The van der Waals surface area contributed by atoms with Crippen LogP contribution in [0.25, 0.3) is 22.0 Å². The van der Waals surface area contributed by atoms with Crippen LogP contribution in [-0.4, -0.2) is 39.5 Å². The number of hydrogen-bond acceptors (Lipinski definition) is 5. The number of fused-ring (bicyclic) bond motifs is 1. The summed E-state index contributed by atoms with van der Waals surface area (Å²) in [7, 11) is 0. The lowest BCUT2D eigenvalue weighted by Gasteiger charge is -2.24. The Kier molecular flexibility index (Phi) is 7.00. The first-order chi connectivity index (χ1) is 16.7. The molecule has 0 saturated heterocycles. The topological polar surface area (TPSA) is 89.1 Å². The maximum atomic E-state index is 13.7. The van der Waals surface area contributed by atoms with Crippen LogP contribution in [0.1, 0.15) is 32.0 Å². The van der Waals surface area contributed by atoms with Crippen LogP contribution < -0.4 is 10.1 Å². The smallest absolute Gasteiger partial charge is 0.408 e. The van der Waals surface area contributed by atoms with Crippen LogP contribution in [0.4, 0.5) is 9.18 Å². The van der Waals surface area contributed by atoms with Crippen LogP contribution in [-0.2, 0) is 11.2 Å². The molecule has 2 heterocycles. The molecule has 0 saturated carbocycles. The molecule has 0 fully saturated rings. The van der Waals surface area contributed by atoms with Crippen LogP contribution in [0.5, 0.6) is 5.75 Å². The lowest BCUT2D eigenvalue weighted by atomic mass is 10.0. The number of hydrogen-bond donors (Lipinski definition) is 2. The number of carbonyl (C=O) groups excluding carboxylic acids is 1. The minimum Gasteiger partial charge on any atom is -0.490 e. The molecule has 4 rings (SSSR count). The van der Waals surface area contributed by atoms with Gasteiger partial charge in [-0.3, -0.25) is 10.1 Å². The second-order valence-electron chi connectivity index (χ2n) is 9.48. The zero-order valence-electron chi connectivity index (χ0n) is 20.3. The summed E-state index contributed by atoms with van der Waals surface area (Å²) in [5, 5.41) is 11.2. The molecular formula is C27H29FN4O3. The lowest BCUT2D eigenvalue weighted by molar-refractivity contribution is 0.0487. The molecule has 2 aromatic heterocycles. The standard InChI is InChI=1S/C27H29FN4O3/c1-17-24-13-19(8-9-25(24)32-31-17)20-12-23(15-29-14-20)34-16-22(30-26(33)35-27(2,3)4)11-18-6-5-7-21(28)10-18/h5-10,12-15,22H,11,16H2,1-4H3,(H,30,33)(H,31,32)/t22-/m0/s1. The van der Waals surface area contributed by atoms with E-state index in [0.717, 1.165) is 33.3 Å². The summed E-state index contributed by atoms with van der Waals surface area (Å²) in [4.78, 5) is 16.7. The third kappa shape index (κ3) is 6.56.